The molecule has 0 saturated carbocycles. The second kappa shape index (κ2) is 9.66. The van der Waals surface area contributed by atoms with Crippen LogP contribution in [0.1, 0.15) is 23.5 Å². The largest absolute Gasteiger partial charge is 0.376 e. The Morgan fingerprint density at radius 1 is 1.11 bits per heavy atom. The number of morpholine rings is 1. The van der Waals surface area contributed by atoms with E-state index in [4.69, 9.17) is 56.9 Å². The average Bonchev–Trinajstić information content (AvgIpc) is 2.65. The van der Waals surface area contributed by atoms with Crippen molar-refractivity contribution in [2.75, 3.05) is 19.7 Å². The number of carbonyl (C=O) groups excluding carboxylic acids is 1. The molecule has 0 radical (unpaired) electrons. The lowest BCUT2D eigenvalue weighted by Gasteiger charge is -2.34. The van der Waals surface area contributed by atoms with Crippen molar-refractivity contribution in [3.63, 3.8) is 0 Å². The summed E-state index contributed by atoms with van der Waals surface area (Å²) in [5.41, 5.74) is 7.36. The van der Waals surface area contributed by atoms with Crippen molar-refractivity contribution in [3.8, 4) is 0 Å². The van der Waals surface area contributed by atoms with Gasteiger partial charge in [-0.15, -0.1) is 0 Å². The van der Waals surface area contributed by atoms with E-state index in [1.807, 2.05) is 12.1 Å². The molecule has 1 aliphatic rings. The van der Waals surface area contributed by atoms with Gasteiger partial charge in [-0.25, -0.2) is 0 Å². The number of benzene rings is 2. The number of ether oxygens (including phenoxy) is 1. The Kier molecular flexibility index (Phi) is 7.48. The van der Waals surface area contributed by atoms with E-state index in [0.717, 1.165) is 18.7 Å². The van der Waals surface area contributed by atoms with Crippen molar-refractivity contribution in [2.24, 2.45) is 5.73 Å². The molecule has 4 nitrogen and oxygen atoms in total. The van der Waals surface area contributed by atoms with Gasteiger partial charge in [0.05, 0.1) is 28.7 Å². The highest BCUT2D eigenvalue weighted by Crippen LogP contribution is 2.32. The van der Waals surface area contributed by atoms with Crippen molar-refractivity contribution in [2.45, 2.75) is 25.0 Å². The van der Waals surface area contributed by atoms with Crippen LogP contribution < -0.4 is 5.73 Å². The lowest BCUT2D eigenvalue weighted by Crippen LogP contribution is -2.43. The van der Waals surface area contributed by atoms with Gasteiger partial charge in [0.1, 0.15) is 0 Å². The Morgan fingerprint density at radius 3 is 2.57 bits per heavy atom. The number of nitrogens with zero attached hydrogens (tertiary/aromatic N) is 1. The van der Waals surface area contributed by atoms with Crippen LogP contribution >= 0.6 is 46.4 Å². The third-order valence-electron chi connectivity index (χ3n) is 4.79. The van der Waals surface area contributed by atoms with E-state index in [0.29, 0.717) is 45.2 Å². The van der Waals surface area contributed by atoms with Gasteiger partial charge in [0, 0.05) is 29.7 Å². The van der Waals surface area contributed by atoms with Gasteiger partial charge in [-0.2, -0.15) is 0 Å². The summed E-state index contributed by atoms with van der Waals surface area (Å²) in [5.74, 6) is -1.02. The fourth-order valence-corrected chi connectivity index (χ4v) is 4.15. The normalized spacial score (nSPS) is 18.8. The number of primary amides is 1. The maximum absolute atomic E-state index is 12.1. The predicted molar refractivity (Wildman–Crippen MR) is 114 cm³/mol. The Labute approximate surface area is 184 Å². The van der Waals surface area contributed by atoms with Crippen molar-refractivity contribution in [1.82, 2.24) is 4.90 Å². The molecule has 2 unspecified atom stereocenters. The monoisotopic (exact) mass is 460 g/mol. The zero-order chi connectivity index (χ0) is 20.3. The number of halogens is 4. The molecule has 150 valence electrons. The standard InChI is InChI=1S/C20H20Cl4N2O2/c21-13-2-4-17(22)15(8-13)16(20(25)27)9-14-11-26(5-6-28-14)10-12-1-3-18(23)19(24)7-12/h1-4,7-8,14,16H,5-6,9-11H2,(H2,25,27). The van der Waals surface area contributed by atoms with Crippen LogP contribution in [0.2, 0.25) is 20.1 Å². The SMILES string of the molecule is NC(=O)C(CC1CN(Cc2ccc(Cl)c(Cl)c2)CCO1)c1cc(Cl)ccc1Cl. The summed E-state index contributed by atoms with van der Waals surface area (Å²) in [5, 5.41) is 2.05. The van der Waals surface area contributed by atoms with Crippen LogP contribution in [0.15, 0.2) is 36.4 Å². The Morgan fingerprint density at radius 2 is 1.86 bits per heavy atom. The van der Waals surface area contributed by atoms with Gasteiger partial charge in [-0.1, -0.05) is 52.5 Å². The topological polar surface area (TPSA) is 55.6 Å². The molecular weight excluding hydrogens is 442 g/mol. The number of nitrogens with two attached hydrogens (primary N) is 1. The van der Waals surface area contributed by atoms with Crippen molar-refractivity contribution in [3.05, 3.63) is 67.6 Å². The maximum atomic E-state index is 12.1. The number of hydrogen-bond acceptors (Lipinski definition) is 3. The summed E-state index contributed by atoms with van der Waals surface area (Å²) in [6.45, 7) is 2.74. The Bertz CT molecular complexity index is 862. The molecule has 0 aromatic heterocycles. The van der Waals surface area contributed by atoms with E-state index >= 15 is 0 Å². The molecule has 2 aromatic rings. The molecule has 0 bridgehead atoms. The van der Waals surface area contributed by atoms with E-state index < -0.39 is 11.8 Å². The minimum absolute atomic E-state index is 0.149. The average molecular weight is 462 g/mol. The first-order chi connectivity index (χ1) is 13.3. The molecule has 2 aromatic carbocycles. The zero-order valence-corrected chi connectivity index (χ0v) is 18.0. The Hall–Kier alpha value is -1.01. The summed E-state index contributed by atoms with van der Waals surface area (Å²) in [6.07, 6.45) is 0.289. The van der Waals surface area contributed by atoms with E-state index in [-0.39, 0.29) is 6.10 Å². The van der Waals surface area contributed by atoms with Crippen molar-refractivity contribution in [1.29, 1.82) is 0 Å². The molecular formula is C20H20Cl4N2O2. The van der Waals surface area contributed by atoms with Gasteiger partial charge in [0.25, 0.3) is 0 Å². The molecule has 3 rings (SSSR count). The quantitative estimate of drug-likeness (QED) is 0.646. The van der Waals surface area contributed by atoms with Crippen LogP contribution in [0.5, 0.6) is 0 Å². The van der Waals surface area contributed by atoms with Crippen molar-refractivity contribution < 1.29 is 9.53 Å². The van der Waals surface area contributed by atoms with Gasteiger partial charge in [0.2, 0.25) is 5.91 Å². The van der Waals surface area contributed by atoms with Gasteiger partial charge in [-0.05, 0) is 47.9 Å². The van der Waals surface area contributed by atoms with Gasteiger partial charge >= 0.3 is 0 Å². The number of rotatable bonds is 6. The van der Waals surface area contributed by atoms with Crippen LogP contribution in [-0.2, 0) is 16.1 Å². The summed E-state index contributed by atoms with van der Waals surface area (Å²) in [7, 11) is 0. The fraction of sp³-hybridized carbons (Fsp3) is 0.350. The smallest absolute Gasteiger partial charge is 0.225 e. The second-order valence-corrected chi connectivity index (χ2v) is 8.49. The van der Waals surface area contributed by atoms with Crippen LogP contribution in [-0.4, -0.2) is 36.6 Å². The van der Waals surface area contributed by atoms with Crippen LogP contribution in [0.4, 0.5) is 0 Å². The molecule has 2 N–H and O–H groups in total. The number of amides is 1. The summed E-state index contributed by atoms with van der Waals surface area (Å²) < 4.78 is 5.89. The van der Waals surface area contributed by atoms with Crippen molar-refractivity contribution >= 4 is 52.3 Å². The molecule has 1 fully saturated rings. The highest BCUT2D eigenvalue weighted by atomic mass is 35.5. The molecule has 8 heteroatoms. The highest BCUT2D eigenvalue weighted by molar-refractivity contribution is 6.42. The van der Waals surface area contributed by atoms with E-state index in [2.05, 4.69) is 4.90 Å². The summed E-state index contributed by atoms with van der Waals surface area (Å²) in [4.78, 5) is 14.4. The molecule has 0 spiro atoms. The van der Waals surface area contributed by atoms with Crippen LogP contribution in [0.25, 0.3) is 0 Å². The second-order valence-electron chi connectivity index (χ2n) is 6.83. The molecule has 1 amide bonds. The molecule has 1 saturated heterocycles. The van der Waals surface area contributed by atoms with Gasteiger partial charge in [-0.3, -0.25) is 9.69 Å². The first-order valence-corrected chi connectivity index (χ1v) is 10.4. The number of carbonyl (C=O) groups is 1. The lowest BCUT2D eigenvalue weighted by molar-refractivity contribution is -0.121. The van der Waals surface area contributed by atoms with Gasteiger partial charge < -0.3 is 10.5 Å². The van der Waals surface area contributed by atoms with Gasteiger partial charge in [0.15, 0.2) is 0 Å². The minimum Gasteiger partial charge on any atom is -0.376 e. The molecule has 1 heterocycles. The lowest BCUT2D eigenvalue weighted by atomic mass is 9.91. The fourth-order valence-electron chi connectivity index (χ4n) is 3.40. The van der Waals surface area contributed by atoms with E-state index in [9.17, 15) is 4.79 Å². The predicted octanol–water partition coefficient (Wildman–Crippen LogP) is 5.16. The zero-order valence-electron chi connectivity index (χ0n) is 15.0. The van der Waals surface area contributed by atoms with Crippen LogP contribution in [0.3, 0.4) is 0 Å². The highest BCUT2D eigenvalue weighted by Gasteiger charge is 2.29. The van der Waals surface area contributed by atoms with Crippen LogP contribution in [0, 0.1) is 0 Å². The summed E-state index contributed by atoms with van der Waals surface area (Å²) >= 11 is 24.4. The third-order valence-corrected chi connectivity index (χ3v) is 6.11. The maximum Gasteiger partial charge on any atom is 0.225 e. The molecule has 2 atom stereocenters. The van der Waals surface area contributed by atoms with E-state index in [1.54, 1.807) is 24.3 Å². The first-order valence-electron chi connectivity index (χ1n) is 8.85. The third kappa shape index (κ3) is 5.53. The summed E-state index contributed by atoms with van der Waals surface area (Å²) in [6, 6.07) is 10.7. The first kappa shape index (κ1) is 21.7. The molecule has 28 heavy (non-hydrogen) atoms. The van der Waals surface area contributed by atoms with E-state index in [1.165, 1.54) is 0 Å². The Balaban J connectivity index is 1.69. The number of hydrogen-bond donors (Lipinski definition) is 1. The molecule has 1 aliphatic heterocycles. The minimum atomic E-state index is -0.568. The molecule has 0 aliphatic carbocycles.